The van der Waals surface area contributed by atoms with Gasteiger partial charge in [0.05, 0.1) is 16.9 Å². The fourth-order valence-corrected chi connectivity index (χ4v) is 3.11. The molecule has 4 N–H and O–H groups in total. The van der Waals surface area contributed by atoms with E-state index < -0.39 is 0 Å². The number of hydrogen-bond donors (Lipinski definition) is 4. The molecule has 0 aromatic heterocycles. The predicted octanol–water partition coefficient (Wildman–Crippen LogP) is 2.05. The molecule has 0 heterocycles. The molecule has 0 bridgehead atoms. The SMILES string of the molecule is O=C1c2ccccc2C(=O)c2c1ccc(NCCCO)c2NCCCO. The molecule has 1 aliphatic carbocycles. The maximum absolute atomic E-state index is 13.1. The van der Waals surface area contributed by atoms with E-state index in [1.54, 1.807) is 36.4 Å². The Bertz CT molecular complexity index is 833. The van der Waals surface area contributed by atoms with Crippen molar-refractivity contribution in [1.29, 1.82) is 0 Å². The minimum absolute atomic E-state index is 0.0327. The average Bonchev–Trinajstić information content (AvgIpc) is 2.67. The zero-order chi connectivity index (χ0) is 18.5. The van der Waals surface area contributed by atoms with Crippen LogP contribution in [0.25, 0.3) is 0 Å². The van der Waals surface area contributed by atoms with Crippen LogP contribution in [-0.4, -0.2) is 48.1 Å². The smallest absolute Gasteiger partial charge is 0.196 e. The molecule has 0 radical (unpaired) electrons. The van der Waals surface area contributed by atoms with Crippen molar-refractivity contribution in [2.75, 3.05) is 36.9 Å². The Morgan fingerprint density at radius 1 is 0.731 bits per heavy atom. The molecule has 0 amide bonds. The van der Waals surface area contributed by atoms with E-state index >= 15 is 0 Å². The summed E-state index contributed by atoms with van der Waals surface area (Å²) >= 11 is 0. The average molecular weight is 354 g/mol. The van der Waals surface area contributed by atoms with Crippen molar-refractivity contribution in [2.45, 2.75) is 12.8 Å². The number of carbonyl (C=O) groups excluding carboxylic acids is 2. The molecule has 136 valence electrons. The maximum Gasteiger partial charge on any atom is 0.196 e. The minimum atomic E-state index is -0.187. The first kappa shape index (κ1) is 18.1. The van der Waals surface area contributed by atoms with Gasteiger partial charge in [-0.3, -0.25) is 9.59 Å². The summed E-state index contributed by atoms with van der Waals surface area (Å²) in [5.74, 6) is -0.352. The van der Waals surface area contributed by atoms with Crippen LogP contribution < -0.4 is 10.6 Å². The molecule has 6 nitrogen and oxygen atoms in total. The Labute approximate surface area is 151 Å². The van der Waals surface area contributed by atoms with Gasteiger partial charge in [0.1, 0.15) is 0 Å². The summed E-state index contributed by atoms with van der Waals surface area (Å²) < 4.78 is 0. The first-order valence-electron chi connectivity index (χ1n) is 8.74. The number of benzene rings is 2. The van der Waals surface area contributed by atoms with Gasteiger partial charge in [-0.15, -0.1) is 0 Å². The highest BCUT2D eigenvalue weighted by Crippen LogP contribution is 2.36. The van der Waals surface area contributed by atoms with Crippen molar-refractivity contribution in [3.63, 3.8) is 0 Å². The second-order valence-electron chi connectivity index (χ2n) is 6.12. The van der Waals surface area contributed by atoms with Gasteiger partial charge >= 0.3 is 0 Å². The van der Waals surface area contributed by atoms with E-state index in [4.69, 9.17) is 10.2 Å². The molecular weight excluding hydrogens is 332 g/mol. The third kappa shape index (κ3) is 3.34. The molecule has 1 aliphatic rings. The number of nitrogens with one attached hydrogen (secondary N) is 2. The lowest BCUT2D eigenvalue weighted by Gasteiger charge is -2.23. The van der Waals surface area contributed by atoms with Gasteiger partial charge in [-0.1, -0.05) is 24.3 Å². The van der Waals surface area contributed by atoms with Crippen LogP contribution in [0.1, 0.15) is 44.7 Å². The minimum Gasteiger partial charge on any atom is -0.396 e. The highest BCUT2D eigenvalue weighted by Gasteiger charge is 2.32. The van der Waals surface area contributed by atoms with E-state index in [2.05, 4.69) is 10.6 Å². The van der Waals surface area contributed by atoms with Crippen LogP contribution in [0.2, 0.25) is 0 Å². The van der Waals surface area contributed by atoms with Crippen molar-refractivity contribution in [3.05, 3.63) is 58.7 Å². The Kier molecular flexibility index (Phi) is 5.65. The molecular formula is C20H22N2O4. The van der Waals surface area contributed by atoms with E-state index in [1.165, 1.54) is 0 Å². The summed E-state index contributed by atoms with van der Waals surface area (Å²) in [5.41, 5.74) is 2.85. The van der Waals surface area contributed by atoms with Gasteiger partial charge in [-0.25, -0.2) is 0 Å². The number of fused-ring (bicyclic) bond motifs is 2. The molecule has 0 spiro atoms. The summed E-state index contributed by atoms with van der Waals surface area (Å²) in [6.45, 7) is 1.12. The van der Waals surface area contributed by atoms with E-state index in [0.717, 1.165) is 0 Å². The van der Waals surface area contributed by atoms with Gasteiger partial charge < -0.3 is 20.8 Å². The first-order chi connectivity index (χ1) is 12.7. The Morgan fingerprint density at radius 2 is 1.35 bits per heavy atom. The summed E-state index contributed by atoms with van der Waals surface area (Å²) in [5, 5.41) is 24.4. The zero-order valence-electron chi connectivity index (χ0n) is 14.4. The third-order valence-electron chi connectivity index (χ3n) is 4.38. The third-order valence-corrected chi connectivity index (χ3v) is 4.38. The molecule has 26 heavy (non-hydrogen) atoms. The van der Waals surface area contributed by atoms with E-state index in [1.807, 2.05) is 0 Å². The Hall–Kier alpha value is -2.70. The lowest BCUT2D eigenvalue weighted by molar-refractivity contribution is 0.0979. The van der Waals surface area contributed by atoms with E-state index in [9.17, 15) is 9.59 Å². The van der Waals surface area contributed by atoms with Crippen LogP contribution >= 0.6 is 0 Å². The van der Waals surface area contributed by atoms with Gasteiger partial charge in [0.15, 0.2) is 11.6 Å². The highest BCUT2D eigenvalue weighted by atomic mass is 16.3. The normalized spacial score (nSPS) is 12.5. The number of rotatable bonds is 8. The van der Waals surface area contributed by atoms with Crippen LogP contribution in [0.4, 0.5) is 11.4 Å². The van der Waals surface area contributed by atoms with Crippen molar-refractivity contribution in [1.82, 2.24) is 0 Å². The molecule has 0 atom stereocenters. The maximum atomic E-state index is 13.1. The van der Waals surface area contributed by atoms with E-state index in [0.29, 0.717) is 59.6 Å². The van der Waals surface area contributed by atoms with Crippen LogP contribution in [-0.2, 0) is 0 Å². The standard InChI is InChI=1S/C20H22N2O4/c23-11-3-9-21-16-8-7-15-17(18(16)22-10-4-12-24)20(26)14-6-2-1-5-13(14)19(15)25/h1-2,5-8,21-24H,3-4,9-12H2. The number of hydrogen-bond acceptors (Lipinski definition) is 6. The fourth-order valence-electron chi connectivity index (χ4n) is 3.11. The molecule has 0 fully saturated rings. The van der Waals surface area contributed by atoms with E-state index in [-0.39, 0.29) is 24.8 Å². The Morgan fingerprint density at radius 3 is 2.00 bits per heavy atom. The first-order valence-corrected chi connectivity index (χ1v) is 8.74. The summed E-state index contributed by atoms with van der Waals surface area (Å²) in [6.07, 6.45) is 1.10. The molecule has 3 rings (SSSR count). The van der Waals surface area contributed by atoms with Crippen LogP contribution in [0.5, 0.6) is 0 Å². The molecule has 6 heteroatoms. The molecule has 0 saturated heterocycles. The van der Waals surface area contributed by atoms with Gasteiger partial charge in [0.2, 0.25) is 0 Å². The molecule has 0 aliphatic heterocycles. The van der Waals surface area contributed by atoms with Crippen molar-refractivity contribution in [2.24, 2.45) is 0 Å². The number of aliphatic hydroxyl groups is 2. The van der Waals surface area contributed by atoms with Gasteiger partial charge in [-0.2, -0.15) is 0 Å². The lowest BCUT2D eigenvalue weighted by Crippen LogP contribution is -2.24. The lowest BCUT2D eigenvalue weighted by atomic mass is 9.83. The van der Waals surface area contributed by atoms with Crippen LogP contribution in [0.3, 0.4) is 0 Å². The van der Waals surface area contributed by atoms with Gasteiger partial charge in [0.25, 0.3) is 0 Å². The molecule has 0 saturated carbocycles. The number of carbonyl (C=O) groups is 2. The summed E-state index contributed by atoms with van der Waals surface area (Å²) in [4.78, 5) is 25.9. The molecule has 0 unspecified atom stereocenters. The fraction of sp³-hybridized carbons (Fsp3) is 0.300. The van der Waals surface area contributed by atoms with Crippen LogP contribution in [0.15, 0.2) is 36.4 Å². The second kappa shape index (κ2) is 8.12. The summed E-state index contributed by atoms with van der Waals surface area (Å²) in [7, 11) is 0. The van der Waals surface area contributed by atoms with Crippen molar-refractivity contribution >= 4 is 22.9 Å². The predicted molar refractivity (Wildman–Crippen MR) is 100 cm³/mol. The monoisotopic (exact) mass is 354 g/mol. The molecule has 2 aromatic rings. The van der Waals surface area contributed by atoms with Crippen molar-refractivity contribution in [3.8, 4) is 0 Å². The van der Waals surface area contributed by atoms with Gasteiger partial charge in [0, 0.05) is 43.0 Å². The zero-order valence-corrected chi connectivity index (χ0v) is 14.4. The molecule has 2 aromatic carbocycles. The largest absolute Gasteiger partial charge is 0.396 e. The summed E-state index contributed by atoms with van der Waals surface area (Å²) in [6, 6.07) is 10.3. The van der Waals surface area contributed by atoms with Crippen LogP contribution in [0, 0.1) is 0 Å². The topological polar surface area (TPSA) is 98.7 Å². The van der Waals surface area contributed by atoms with Crippen molar-refractivity contribution < 1.29 is 19.8 Å². The Balaban J connectivity index is 2.06. The number of aliphatic hydroxyl groups excluding tert-OH is 2. The second-order valence-corrected chi connectivity index (χ2v) is 6.12. The quantitative estimate of drug-likeness (QED) is 0.462. The number of ketones is 2. The van der Waals surface area contributed by atoms with Gasteiger partial charge in [-0.05, 0) is 25.0 Å². The highest BCUT2D eigenvalue weighted by molar-refractivity contribution is 6.30. The number of anilines is 2.